The molecular weight excluding hydrogens is 233 g/mol. The lowest BCUT2D eigenvalue weighted by atomic mass is 10.2. The Morgan fingerprint density at radius 2 is 1.62 bits per heavy atom. The van der Waals surface area contributed by atoms with Gasteiger partial charge in [0.1, 0.15) is 0 Å². The Labute approximate surface area is 90.4 Å². The molecule has 0 aliphatic rings. The summed E-state index contributed by atoms with van der Waals surface area (Å²) in [5, 5.41) is 0. The maximum Gasteiger partial charge on any atom is 0.463 e. The van der Waals surface area contributed by atoms with Crippen LogP contribution in [0.15, 0.2) is 0 Å². The van der Waals surface area contributed by atoms with Crippen molar-refractivity contribution < 1.29 is 26.7 Å². The lowest BCUT2D eigenvalue weighted by molar-refractivity contribution is -0.274. The second-order valence-corrected chi connectivity index (χ2v) is 3.51. The molecule has 0 saturated carbocycles. The standard InChI is InChI=1S/C9H14F5NO/c1-3-4-5-6-15(2)7(16)8(10,11)9(12,13)14/h3-6H2,1-2H3. The molecule has 0 N–H and O–H groups in total. The highest BCUT2D eigenvalue weighted by molar-refractivity contribution is 5.84. The number of halogens is 5. The second-order valence-electron chi connectivity index (χ2n) is 3.51. The van der Waals surface area contributed by atoms with Crippen molar-refractivity contribution in [1.29, 1.82) is 0 Å². The fourth-order valence-corrected chi connectivity index (χ4v) is 1.06. The summed E-state index contributed by atoms with van der Waals surface area (Å²) in [6, 6.07) is 0. The van der Waals surface area contributed by atoms with Crippen molar-refractivity contribution in [3.8, 4) is 0 Å². The maximum atomic E-state index is 12.6. The largest absolute Gasteiger partial charge is 0.463 e. The van der Waals surface area contributed by atoms with Gasteiger partial charge in [0.15, 0.2) is 0 Å². The number of alkyl halides is 5. The Kier molecular flexibility index (Phi) is 5.15. The van der Waals surface area contributed by atoms with Gasteiger partial charge in [0.05, 0.1) is 0 Å². The van der Waals surface area contributed by atoms with Gasteiger partial charge in [-0.1, -0.05) is 19.8 Å². The van der Waals surface area contributed by atoms with E-state index in [4.69, 9.17) is 0 Å². The van der Waals surface area contributed by atoms with E-state index in [1.54, 1.807) is 0 Å². The summed E-state index contributed by atoms with van der Waals surface area (Å²) in [6.07, 6.45) is -3.96. The Morgan fingerprint density at radius 3 is 2.00 bits per heavy atom. The van der Waals surface area contributed by atoms with Gasteiger partial charge in [-0.25, -0.2) is 0 Å². The first-order chi connectivity index (χ1) is 7.14. The van der Waals surface area contributed by atoms with E-state index >= 15 is 0 Å². The zero-order chi connectivity index (χ0) is 13.0. The van der Waals surface area contributed by atoms with Gasteiger partial charge in [0, 0.05) is 13.6 Å². The van der Waals surface area contributed by atoms with Crippen LogP contribution in [-0.4, -0.2) is 36.5 Å². The number of hydrogen-bond donors (Lipinski definition) is 0. The SMILES string of the molecule is CCCCCN(C)C(=O)C(F)(F)C(F)(F)F. The van der Waals surface area contributed by atoms with Crippen LogP contribution in [-0.2, 0) is 4.79 Å². The van der Waals surface area contributed by atoms with Crippen LogP contribution in [0.4, 0.5) is 22.0 Å². The fourth-order valence-electron chi connectivity index (χ4n) is 1.06. The van der Waals surface area contributed by atoms with E-state index in [0.29, 0.717) is 17.7 Å². The third kappa shape index (κ3) is 3.61. The predicted octanol–water partition coefficient (Wildman–Crippen LogP) is 2.83. The first kappa shape index (κ1) is 15.1. The van der Waals surface area contributed by atoms with Crippen LogP contribution >= 0.6 is 0 Å². The average molecular weight is 247 g/mol. The number of nitrogens with zero attached hydrogens (tertiary/aromatic N) is 1. The van der Waals surface area contributed by atoms with Crippen molar-refractivity contribution in [1.82, 2.24) is 4.90 Å². The first-order valence-electron chi connectivity index (χ1n) is 4.84. The van der Waals surface area contributed by atoms with E-state index in [-0.39, 0.29) is 6.54 Å². The molecule has 0 aromatic rings. The van der Waals surface area contributed by atoms with Crippen molar-refractivity contribution in [2.45, 2.75) is 38.3 Å². The van der Waals surface area contributed by atoms with Gasteiger partial charge in [-0.2, -0.15) is 22.0 Å². The number of hydrogen-bond acceptors (Lipinski definition) is 1. The third-order valence-electron chi connectivity index (χ3n) is 2.07. The minimum absolute atomic E-state index is 0.0989. The molecule has 0 aromatic carbocycles. The van der Waals surface area contributed by atoms with Crippen LogP contribution < -0.4 is 0 Å². The Morgan fingerprint density at radius 1 is 1.12 bits per heavy atom. The van der Waals surface area contributed by atoms with Crippen LogP contribution in [0.5, 0.6) is 0 Å². The molecule has 0 spiro atoms. The molecule has 0 saturated heterocycles. The zero-order valence-corrected chi connectivity index (χ0v) is 9.07. The molecule has 0 aromatic heterocycles. The van der Waals surface area contributed by atoms with Crippen molar-refractivity contribution in [2.24, 2.45) is 0 Å². The van der Waals surface area contributed by atoms with Gasteiger partial charge in [-0.15, -0.1) is 0 Å². The van der Waals surface area contributed by atoms with Gasteiger partial charge >= 0.3 is 18.0 Å². The molecule has 7 heteroatoms. The van der Waals surface area contributed by atoms with Crippen LogP contribution in [0.25, 0.3) is 0 Å². The summed E-state index contributed by atoms with van der Waals surface area (Å²) in [5.74, 6) is -7.50. The number of carbonyl (C=O) groups is 1. The van der Waals surface area contributed by atoms with Crippen molar-refractivity contribution in [2.75, 3.05) is 13.6 Å². The summed E-state index contributed by atoms with van der Waals surface area (Å²) < 4.78 is 60.6. The molecular formula is C9H14F5NO. The van der Waals surface area contributed by atoms with Gasteiger partial charge in [-0.3, -0.25) is 4.79 Å². The maximum absolute atomic E-state index is 12.6. The summed E-state index contributed by atoms with van der Waals surface area (Å²) in [4.78, 5) is 11.3. The number of rotatable bonds is 5. The molecule has 96 valence electrons. The first-order valence-corrected chi connectivity index (χ1v) is 4.84. The van der Waals surface area contributed by atoms with E-state index in [9.17, 15) is 26.7 Å². The quantitative estimate of drug-likeness (QED) is 0.540. The lowest BCUT2D eigenvalue weighted by Crippen LogP contribution is -2.51. The van der Waals surface area contributed by atoms with Gasteiger partial charge in [0.2, 0.25) is 0 Å². The minimum atomic E-state index is -5.83. The molecule has 1 amide bonds. The molecule has 2 nitrogen and oxygen atoms in total. The van der Waals surface area contributed by atoms with E-state index in [0.717, 1.165) is 13.5 Å². The molecule has 0 aliphatic heterocycles. The number of unbranched alkanes of at least 4 members (excludes halogenated alkanes) is 2. The summed E-state index contributed by atoms with van der Waals surface area (Å²) in [5.41, 5.74) is 0. The molecule has 0 unspecified atom stereocenters. The van der Waals surface area contributed by atoms with E-state index in [2.05, 4.69) is 0 Å². The number of amides is 1. The smallest absolute Gasteiger partial charge is 0.340 e. The van der Waals surface area contributed by atoms with Gasteiger partial charge in [0.25, 0.3) is 0 Å². The van der Waals surface area contributed by atoms with Crippen LogP contribution in [0, 0.1) is 0 Å². The van der Waals surface area contributed by atoms with Crippen LogP contribution in [0.1, 0.15) is 26.2 Å². The zero-order valence-electron chi connectivity index (χ0n) is 9.07. The van der Waals surface area contributed by atoms with E-state index in [1.807, 2.05) is 6.92 Å². The highest BCUT2D eigenvalue weighted by Gasteiger charge is 2.64. The Hall–Kier alpha value is -0.880. The van der Waals surface area contributed by atoms with Crippen LogP contribution in [0.3, 0.4) is 0 Å². The highest BCUT2D eigenvalue weighted by atomic mass is 19.4. The minimum Gasteiger partial charge on any atom is -0.340 e. The van der Waals surface area contributed by atoms with Crippen LogP contribution in [0.2, 0.25) is 0 Å². The lowest BCUT2D eigenvalue weighted by Gasteiger charge is -2.24. The molecule has 0 bridgehead atoms. The van der Waals surface area contributed by atoms with Gasteiger partial charge < -0.3 is 4.90 Å². The molecule has 0 rings (SSSR count). The summed E-state index contributed by atoms with van der Waals surface area (Å²) in [7, 11) is 0.942. The predicted molar refractivity (Wildman–Crippen MR) is 48.2 cm³/mol. The summed E-state index contributed by atoms with van der Waals surface area (Å²) in [6.45, 7) is 1.75. The van der Waals surface area contributed by atoms with Crippen molar-refractivity contribution >= 4 is 5.91 Å². The fraction of sp³-hybridized carbons (Fsp3) is 0.889. The monoisotopic (exact) mass is 247 g/mol. The average Bonchev–Trinajstić information content (AvgIpc) is 2.15. The molecule has 0 atom stereocenters. The van der Waals surface area contributed by atoms with E-state index < -0.39 is 18.0 Å². The Balaban J connectivity index is 4.43. The molecule has 0 aliphatic carbocycles. The molecule has 0 radical (unpaired) electrons. The normalized spacial score (nSPS) is 12.7. The second kappa shape index (κ2) is 5.45. The van der Waals surface area contributed by atoms with E-state index in [1.165, 1.54) is 0 Å². The Bertz CT molecular complexity index is 239. The number of carbonyl (C=O) groups excluding carboxylic acids is 1. The van der Waals surface area contributed by atoms with Gasteiger partial charge in [-0.05, 0) is 6.42 Å². The van der Waals surface area contributed by atoms with Crippen molar-refractivity contribution in [3.05, 3.63) is 0 Å². The highest BCUT2D eigenvalue weighted by Crippen LogP contribution is 2.36. The molecule has 0 fully saturated rings. The topological polar surface area (TPSA) is 20.3 Å². The molecule has 0 heterocycles. The van der Waals surface area contributed by atoms with Crippen molar-refractivity contribution in [3.63, 3.8) is 0 Å². The third-order valence-corrected chi connectivity index (χ3v) is 2.07. The molecule has 16 heavy (non-hydrogen) atoms. The summed E-state index contributed by atoms with van der Waals surface area (Å²) >= 11 is 0.